The summed E-state index contributed by atoms with van der Waals surface area (Å²) in [6, 6.07) is 0. The third-order valence-electron chi connectivity index (χ3n) is 5.78. The molecule has 5 nitrogen and oxygen atoms in total. The highest BCUT2D eigenvalue weighted by molar-refractivity contribution is 5.76. The summed E-state index contributed by atoms with van der Waals surface area (Å²) in [4.78, 5) is 29.7. The fourth-order valence-corrected chi connectivity index (χ4v) is 4.18. The maximum absolute atomic E-state index is 12.9. The number of ether oxygens (including phenoxy) is 1. The second-order valence-electron chi connectivity index (χ2n) is 13.2. The van der Waals surface area contributed by atoms with E-state index in [9.17, 15) is 9.59 Å². The molecule has 0 radical (unpaired) electrons. The van der Waals surface area contributed by atoms with Crippen molar-refractivity contribution < 1.29 is 14.3 Å². The van der Waals surface area contributed by atoms with Crippen LogP contribution < -0.4 is 0 Å². The molecule has 0 atom stereocenters. The number of unbranched alkanes of at least 4 members (excludes halogenated alkanes) is 1. The standard InChI is InChI=1S/C29H58N2O3/c1-12-13-14-26(32)30(17-24(4)5)19-28(8,9)21-34-22-29(10,11)20-31(18-25(6)7)27(33)16-15-23(2)3/h23-25H,12-22H2,1-11H3. The normalized spacial score (nSPS) is 12.6. The quantitative estimate of drug-likeness (QED) is 0.220. The van der Waals surface area contributed by atoms with E-state index in [1.807, 2.05) is 9.80 Å². The summed E-state index contributed by atoms with van der Waals surface area (Å²) >= 11 is 0. The van der Waals surface area contributed by atoms with E-state index >= 15 is 0 Å². The van der Waals surface area contributed by atoms with Crippen molar-refractivity contribution in [3.8, 4) is 0 Å². The van der Waals surface area contributed by atoms with Gasteiger partial charge in [0.1, 0.15) is 0 Å². The summed E-state index contributed by atoms with van der Waals surface area (Å²) in [5, 5.41) is 0. The van der Waals surface area contributed by atoms with E-state index < -0.39 is 0 Å². The molecular formula is C29H58N2O3. The molecular weight excluding hydrogens is 424 g/mol. The molecule has 0 spiro atoms. The Morgan fingerprint density at radius 2 is 1.12 bits per heavy atom. The van der Waals surface area contributed by atoms with Gasteiger partial charge in [0.15, 0.2) is 0 Å². The number of rotatable bonds is 18. The van der Waals surface area contributed by atoms with Crippen LogP contribution >= 0.6 is 0 Å². The van der Waals surface area contributed by atoms with Crippen molar-refractivity contribution in [2.75, 3.05) is 39.4 Å². The maximum Gasteiger partial charge on any atom is 0.222 e. The number of carbonyl (C=O) groups excluding carboxylic acids is 2. The number of hydrogen-bond acceptors (Lipinski definition) is 3. The highest BCUT2D eigenvalue weighted by Gasteiger charge is 2.29. The van der Waals surface area contributed by atoms with E-state index in [2.05, 4.69) is 76.2 Å². The summed E-state index contributed by atoms with van der Waals surface area (Å²) in [5.74, 6) is 1.93. The van der Waals surface area contributed by atoms with Crippen LogP contribution in [0.4, 0.5) is 0 Å². The van der Waals surface area contributed by atoms with E-state index in [1.54, 1.807) is 0 Å². The summed E-state index contributed by atoms with van der Waals surface area (Å²) in [5.41, 5.74) is -0.259. The molecule has 0 aromatic rings. The molecule has 0 aliphatic rings. The van der Waals surface area contributed by atoms with E-state index in [1.165, 1.54) is 0 Å². The van der Waals surface area contributed by atoms with Crippen molar-refractivity contribution in [1.82, 2.24) is 9.80 Å². The minimum atomic E-state index is -0.132. The monoisotopic (exact) mass is 482 g/mol. The van der Waals surface area contributed by atoms with Gasteiger partial charge in [0.05, 0.1) is 13.2 Å². The first-order valence-corrected chi connectivity index (χ1v) is 13.7. The van der Waals surface area contributed by atoms with Gasteiger partial charge in [0, 0.05) is 49.9 Å². The summed E-state index contributed by atoms with van der Waals surface area (Å²) in [7, 11) is 0. The Labute approximate surface area is 212 Å². The first kappa shape index (κ1) is 32.9. The number of carbonyl (C=O) groups is 2. The number of nitrogens with zero attached hydrogens (tertiary/aromatic N) is 2. The van der Waals surface area contributed by atoms with E-state index in [0.717, 1.165) is 32.4 Å². The van der Waals surface area contributed by atoms with Gasteiger partial charge in [-0.25, -0.2) is 0 Å². The van der Waals surface area contributed by atoms with Crippen LogP contribution in [0.2, 0.25) is 0 Å². The molecule has 0 aromatic heterocycles. The van der Waals surface area contributed by atoms with Crippen molar-refractivity contribution in [2.24, 2.45) is 28.6 Å². The predicted octanol–water partition coefficient (Wildman–Crippen LogP) is 6.65. The van der Waals surface area contributed by atoms with Crippen LogP contribution in [0.3, 0.4) is 0 Å². The number of amides is 2. The van der Waals surface area contributed by atoms with E-state index in [-0.39, 0.29) is 22.6 Å². The Hall–Kier alpha value is -1.10. The minimum Gasteiger partial charge on any atom is -0.380 e. The van der Waals surface area contributed by atoms with Gasteiger partial charge < -0.3 is 14.5 Å². The van der Waals surface area contributed by atoms with Crippen molar-refractivity contribution in [3.63, 3.8) is 0 Å². The Balaban J connectivity index is 4.97. The Morgan fingerprint density at radius 3 is 1.47 bits per heavy atom. The molecule has 0 aliphatic carbocycles. The summed E-state index contributed by atoms with van der Waals surface area (Å²) < 4.78 is 6.24. The molecule has 0 bridgehead atoms. The molecule has 34 heavy (non-hydrogen) atoms. The predicted molar refractivity (Wildman–Crippen MR) is 145 cm³/mol. The highest BCUT2D eigenvalue weighted by Crippen LogP contribution is 2.24. The molecule has 0 heterocycles. The third kappa shape index (κ3) is 15.7. The van der Waals surface area contributed by atoms with Gasteiger partial charge >= 0.3 is 0 Å². The van der Waals surface area contributed by atoms with Gasteiger partial charge in [-0.2, -0.15) is 0 Å². The van der Waals surface area contributed by atoms with Crippen molar-refractivity contribution >= 4 is 11.8 Å². The van der Waals surface area contributed by atoms with Crippen LogP contribution in [0.5, 0.6) is 0 Å². The molecule has 202 valence electrons. The molecule has 0 saturated carbocycles. The van der Waals surface area contributed by atoms with Gasteiger partial charge in [-0.05, 0) is 30.6 Å². The Kier molecular flexibility index (Phi) is 15.3. The summed E-state index contributed by atoms with van der Waals surface area (Å²) in [6.45, 7) is 28.0. The van der Waals surface area contributed by atoms with Crippen LogP contribution in [-0.2, 0) is 14.3 Å². The second-order valence-corrected chi connectivity index (χ2v) is 13.2. The van der Waals surface area contributed by atoms with Gasteiger partial charge in [0.25, 0.3) is 0 Å². The molecule has 0 unspecified atom stereocenters. The van der Waals surface area contributed by atoms with E-state index in [0.29, 0.717) is 56.9 Å². The zero-order valence-corrected chi connectivity index (χ0v) is 24.6. The molecule has 0 fully saturated rings. The van der Waals surface area contributed by atoms with Crippen LogP contribution in [0.25, 0.3) is 0 Å². The van der Waals surface area contributed by atoms with E-state index in [4.69, 9.17) is 4.74 Å². The number of hydrogen-bond donors (Lipinski definition) is 0. The largest absolute Gasteiger partial charge is 0.380 e. The smallest absolute Gasteiger partial charge is 0.222 e. The SMILES string of the molecule is CCCCC(=O)N(CC(C)C)CC(C)(C)COCC(C)(C)CN(CC(C)C)C(=O)CCC(C)C. The topological polar surface area (TPSA) is 49.9 Å². The zero-order valence-electron chi connectivity index (χ0n) is 24.6. The van der Waals surface area contributed by atoms with Crippen LogP contribution in [0.15, 0.2) is 0 Å². The zero-order chi connectivity index (χ0) is 26.5. The maximum atomic E-state index is 12.9. The lowest BCUT2D eigenvalue weighted by Crippen LogP contribution is -2.44. The fraction of sp³-hybridized carbons (Fsp3) is 0.931. The van der Waals surface area contributed by atoms with Crippen molar-refractivity contribution in [1.29, 1.82) is 0 Å². The van der Waals surface area contributed by atoms with Crippen LogP contribution in [0, 0.1) is 28.6 Å². The van der Waals surface area contributed by atoms with Gasteiger partial charge in [0.2, 0.25) is 11.8 Å². The minimum absolute atomic E-state index is 0.127. The second kappa shape index (κ2) is 15.8. The Morgan fingerprint density at radius 1 is 0.706 bits per heavy atom. The molecule has 0 aliphatic heterocycles. The highest BCUT2D eigenvalue weighted by atomic mass is 16.5. The fourth-order valence-electron chi connectivity index (χ4n) is 4.18. The average Bonchev–Trinajstić information content (AvgIpc) is 2.67. The van der Waals surface area contributed by atoms with Crippen molar-refractivity contribution in [3.05, 3.63) is 0 Å². The molecule has 0 aromatic carbocycles. The first-order valence-electron chi connectivity index (χ1n) is 13.7. The van der Waals surface area contributed by atoms with Gasteiger partial charge in [-0.1, -0.05) is 82.6 Å². The Bertz CT molecular complexity index is 582. The summed E-state index contributed by atoms with van der Waals surface area (Å²) in [6.07, 6.45) is 4.16. The van der Waals surface area contributed by atoms with Gasteiger partial charge in [-0.3, -0.25) is 9.59 Å². The van der Waals surface area contributed by atoms with Crippen molar-refractivity contribution in [2.45, 2.75) is 108 Å². The lowest BCUT2D eigenvalue weighted by molar-refractivity contribution is -0.134. The lowest BCUT2D eigenvalue weighted by Gasteiger charge is -2.36. The molecule has 2 amide bonds. The van der Waals surface area contributed by atoms with Gasteiger partial charge in [-0.15, -0.1) is 0 Å². The molecule has 0 N–H and O–H groups in total. The first-order chi connectivity index (χ1) is 15.6. The third-order valence-corrected chi connectivity index (χ3v) is 5.78. The molecule has 0 rings (SSSR count). The lowest BCUT2D eigenvalue weighted by atomic mass is 9.91. The average molecular weight is 483 g/mol. The van der Waals surface area contributed by atoms with Crippen LogP contribution in [-0.4, -0.2) is 61.0 Å². The molecule has 0 saturated heterocycles. The van der Waals surface area contributed by atoms with Crippen LogP contribution in [0.1, 0.15) is 108 Å². The molecule has 5 heteroatoms.